The molecule has 1 aromatic carbocycles. The number of nitro groups is 1. The minimum Gasteiger partial charge on any atom is -0.490 e. The number of nitrogens with zero attached hydrogens (tertiary/aromatic N) is 3. The van der Waals surface area contributed by atoms with Crippen LogP contribution >= 0.6 is 0 Å². The topological polar surface area (TPSA) is 128 Å². The monoisotopic (exact) mass is 413 g/mol. The molecule has 1 aliphatic heterocycles. The van der Waals surface area contributed by atoms with Gasteiger partial charge >= 0.3 is 11.7 Å². The number of nitro benzene ring substituents is 1. The second-order valence-electron chi connectivity index (χ2n) is 7.38. The van der Waals surface area contributed by atoms with Crippen molar-refractivity contribution in [3.63, 3.8) is 0 Å². The maximum Gasteiger partial charge on any atom is 0.316 e. The van der Waals surface area contributed by atoms with Gasteiger partial charge in [-0.05, 0) is 31.2 Å². The average Bonchev–Trinajstić information content (AvgIpc) is 3.36. The van der Waals surface area contributed by atoms with Gasteiger partial charge in [-0.1, -0.05) is 12.2 Å². The first-order valence-corrected chi connectivity index (χ1v) is 9.55. The Kier molecular flexibility index (Phi) is 4.84. The van der Waals surface area contributed by atoms with Crippen LogP contribution in [0.25, 0.3) is 0 Å². The maximum absolute atomic E-state index is 12.7. The molecule has 1 aromatic rings. The van der Waals surface area contributed by atoms with E-state index in [1.165, 1.54) is 12.3 Å². The standard InChI is InChI=1S/C20H19N3O7/c1-3-29-15-7-11(6-14(23(27)28)18(15)30-10(2)24)9-21-22-19(25)16-12-4-5-13(8-12)17(16)20(22)26/h4-7,9,12-13,16-17H,3,8H2,1-2H3. The highest BCUT2D eigenvalue weighted by molar-refractivity contribution is 6.06. The first-order valence-electron chi connectivity index (χ1n) is 9.55. The molecule has 0 radical (unpaired) electrons. The first kappa shape index (κ1) is 19.7. The minimum absolute atomic E-state index is 0.0125. The number of hydrogen-bond acceptors (Lipinski definition) is 8. The Morgan fingerprint density at radius 2 is 1.90 bits per heavy atom. The van der Waals surface area contributed by atoms with Crippen molar-refractivity contribution in [2.45, 2.75) is 20.3 Å². The molecule has 2 fully saturated rings. The van der Waals surface area contributed by atoms with Gasteiger partial charge in [-0.2, -0.15) is 10.1 Å². The van der Waals surface area contributed by atoms with Crippen LogP contribution in [0, 0.1) is 33.8 Å². The van der Waals surface area contributed by atoms with E-state index in [9.17, 15) is 24.5 Å². The number of esters is 1. The quantitative estimate of drug-likeness (QED) is 0.133. The predicted molar refractivity (Wildman–Crippen MR) is 103 cm³/mol. The minimum atomic E-state index is -0.733. The molecule has 10 nitrogen and oxygen atoms in total. The summed E-state index contributed by atoms with van der Waals surface area (Å²) < 4.78 is 10.3. The second kappa shape index (κ2) is 7.36. The highest BCUT2D eigenvalue weighted by Gasteiger charge is 2.59. The summed E-state index contributed by atoms with van der Waals surface area (Å²) in [7, 11) is 0. The first-order chi connectivity index (χ1) is 14.3. The molecule has 1 saturated heterocycles. The summed E-state index contributed by atoms with van der Waals surface area (Å²) in [6, 6.07) is 2.54. The molecular weight excluding hydrogens is 394 g/mol. The van der Waals surface area contributed by atoms with Crippen LogP contribution in [0.1, 0.15) is 25.8 Å². The second-order valence-corrected chi connectivity index (χ2v) is 7.38. The summed E-state index contributed by atoms with van der Waals surface area (Å²) in [4.78, 5) is 47.5. The largest absolute Gasteiger partial charge is 0.490 e. The molecule has 4 unspecified atom stereocenters. The Bertz CT molecular complexity index is 986. The molecule has 0 spiro atoms. The number of hydrogen-bond donors (Lipinski definition) is 0. The van der Waals surface area contributed by atoms with Gasteiger partial charge in [0.1, 0.15) is 0 Å². The third-order valence-corrected chi connectivity index (χ3v) is 5.57. The Morgan fingerprint density at radius 3 is 2.43 bits per heavy atom. The van der Waals surface area contributed by atoms with Crippen molar-refractivity contribution in [3.05, 3.63) is 40.0 Å². The van der Waals surface area contributed by atoms with Crippen molar-refractivity contribution in [3.8, 4) is 11.5 Å². The summed E-state index contributed by atoms with van der Waals surface area (Å²) in [5.74, 6) is -2.41. The summed E-state index contributed by atoms with van der Waals surface area (Å²) >= 11 is 0. The fraction of sp³-hybridized carbons (Fsp3) is 0.400. The smallest absolute Gasteiger partial charge is 0.316 e. The summed E-state index contributed by atoms with van der Waals surface area (Å²) in [6.45, 7) is 2.97. The van der Waals surface area contributed by atoms with Crippen LogP contribution in [0.3, 0.4) is 0 Å². The number of hydrazone groups is 1. The lowest BCUT2D eigenvalue weighted by Crippen LogP contribution is -2.28. The van der Waals surface area contributed by atoms with Crippen LogP contribution in [-0.4, -0.2) is 40.5 Å². The molecule has 156 valence electrons. The van der Waals surface area contributed by atoms with E-state index in [2.05, 4.69) is 5.10 Å². The van der Waals surface area contributed by atoms with Crippen molar-refractivity contribution < 1.29 is 28.8 Å². The Balaban J connectivity index is 1.65. The van der Waals surface area contributed by atoms with Crippen LogP contribution in [0.5, 0.6) is 11.5 Å². The van der Waals surface area contributed by atoms with E-state index in [4.69, 9.17) is 9.47 Å². The number of benzene rings is 1. The van der Waals surface area contributed by atoms with E-state index < -0.39 is 16.6 Å². The molecule has 3 aliphatic rings. The summed E-state index contributed by atoms with van der Waals surface area (Å²) in [5.41, 5.74) is -0.268. The van der Waals surface area contributed by atoms with E-state index in [1.807, 2.05) is 12.2 Å². The van der Waals surface area contributed by atoms with Gasteiger partial charge in [0.15, 0.2) is 5.75 Å². The molecule has 0 N–H and O–H groups in total. The van der Waals surface area contributed by atoms with Crippen LogP contribution in [0.15, 0.2) is 29.4 Å². The van der Waals surface area contributed by atoms with Gasteiger partial charge < -0.3 is 9.47 Å². The van der Waals surface area contributed by atoms with Crippen LogP contribution in [0.4, 0.5) is 5.69 Å². The van der Waals surface area contributed by atoms with Crippen molar-refractivity contribution in [2.75, 3.05) is 6.61 Å². The molecule has 4 atom stereocenters. The zero-order chi connectivity index (χ0) is 21.6. The molecule has 2 amide bonds. The van der Waals surface area contributed by atoms with Gasteiger partial charge in [0.25, 0.3) is 11.8 Å². The van der Waals surface area contributed by atoms with Crippen LogP contribution in [-0.2, 0) is 14.4 Å². The lowest BCUT2D eigenvalue weighted by molar-refractivity contribution is -0.385. The van der Waals surface area contributed by atoms with Gasteiger partial charge in [0.2, 0.25) is 5.75 Å². The summed E-state index contributed by atoms with van der Waals surface area (Å²) in [5, 5.41) is 16.4. The molecular formula is C20H19N3O7. The van der Waals surface area contributed by atoms with E-state index in [-0.39, 0.29) is 59.2 Å². The predicted octanol–water partition coefficient (Wildman–Crippen LogP) is 2.06. The third kappa shape index (κ3) is 3.14. The van der Waals surface area contributed by atoms with E-state index >= 15 is 0 Å². The number of fused-ring (bicyclic) bond motifs is 5. The fourth-order valence-electron chi connectivity index (χ4n) is 4.45. The molecule has 2 aliphatic carbocycles. The molecule has 1 saturated carbocycles. The van der Waals surface area contributed by atoms with Gasteiger partial charge in [-0.25, -0.2) is 0 Å². The normalized spacial score (nSPS) is 26.5. The lowest BCUT2D eigenvalue weighted by Gasteiger charge is -2.13. The van der Waals surface area contributed by atoms with E-state index in [0.717, 1.165) is 24.4 Å². The van der Waals surface area contributed by atoms with Crippen LogP contribution < -0.4 is 9.47 Å². The fourth-order valence-corrected chi connectivity index (χ4v) is 4.45. The molecule has 4 rings (SSSR count). The van der Waals surface area contributed by atoms with Gasteiger partial charge in [0.05, 0.1) is 29.6 Å². The summed E-state index contributed by atoms with van der Waals surface area (Å²) in [6.07, 6.45) is 5.97. The number of amides is 2. The van der Waals surface area contributed by atoms with E-state index in [0.29, 0.717) is 0 Å². The molecule has 10 heteroatoms. The highest BCUT2D eigenvalue weighted by Crippen LogP contribution is 2.52. The van der Waals surface area contributed by atoms with Crippen LogP contribution in [0.2, 0.25) is 0 Å². The highest BCUT2D eigenvalue weighted by atomic mass is 16.6. The zero-order valence-electron chi connectivity index (χ0n) is 16.3. The Hall–Kier alpha value is -3.56. The molecule has 0 aromatic heterocycles. The average molecular weight is 413 g/mol. The van der Waals surface area contributed by atoms with Gasteiger partial charge in [-0.3, -0.25) is 24.5 Å². The molecule has 1 heterocycles. The van der Waals surface area contributed by atoms with Crippen molar-refractivity contribution in [1.82, 2.24) is 5.01 Å². The number of imide groups is 1. The number of rotatable bonds is 6. The lowest BCUT2D eigenvalue weighted by atomic mass is 9.85. The SMILES string of the molecule is CCOc1cc(C=NN2C(=O)C3C4C=CC(C4)C3C2=O)cc([N+](=O)[O-])c1OC(C)=O. The third-order valence-electron chi connectivity index (χ3n) is 5.57. The van der Waals surface area contributed by atoms with Gasteiger partial charge in [-0.15, -0.1) is 0 Å². The van der Waals surface area contributed by atoms with E-state index in [1.54, 1.807) is 6.92 Å². The molecule has 2 bridgehead atoms. The molecule has 30 heavy (non-hydrogen) atoms. The number of carbonyl (C=O) groups excluding carboxylic acids is 3. The van der Waals surface area contributed by atoms with Crippen molar-refractivity contribution in [1.29, 1.82) is 0 Å². The Labute approximate surface area is 171 Å². The Morgan fingerprint density at radius 1 is 1.27 bits per heavy atom. The number of ether oxygens (including phenoxy) is 2. The number of allylic oxidation sites excluding steroid dienone is 2. The van der Waals surface area contributed by atoms with Crippen molar-refractivity contribution >= 4 is 29.7 Å². The van der Waals surface area contributed by atoms with Gasteiger partial charge in [0, 0.05) is 18.6 Å². The maximum atomic E-state index is 12.7. The van der Waals surface area contributed by atoms with Crippen molar-refractivity contribution in [2.24, 2.45) is 28.8 Å². The number of carbonyl (C=O) groups is 3. The zero-order valence-corrected chi connectivity index (χ0v) is 16.3.